The Balaban J connectivity index is 0.00000341. The minimum atomic E-state index is -4.41. The summed E-state index contributed by atoms with van der Waals surface area (Å²) in [5, 5.41) is 14.0. The molecule has 6 nitrogen and oxygen atoms in total. The first-order valence-electron chi connectivity index (χ1n) is 8.65. The predicted molar refractivity (Wildman–Crippen MR) is 117 cm³/mol. The van der Waals surface area contributed by atoms with E-state index >= 15 is 0 Å². The fourth-order valence-electron chi connectivity index (χ4n) is 2.29. The molecule has 0 amide bonds. The summed E-state index contributed by atoms with van der Waals surface area (Å²) in [6.07, 6.45) is -1.52. The van der Waals surface area contributed by atoms with Gasteiger partial charge < -0.3 is 10.4 Å². The van der Waals surface area contributed by atoms with Gasteiger partial charge in [-0.05, 0) is 31.5 Å². The van der Waals surface area contributed by atoms with E-state index in [1.54, 1.807) is 19.9 Å². The molecule has 0 saturated carbocycles. The molecule has 2 aromatic heterocycles. The minimum Gasteiger partial charge on any atom is -0.480 e. The molecule has 0 saturated heterocycles. The Morgan fingerprint density at radius 1 is 1.19 bits per heavy atom. The Bertz CT molecular complexity index is 1040. The molecule has 0 aliphatic carbocycles. The van der Waals surface area contributed by atoms with E-state index in [1.807, 2.05) is 5.38 Å². The van der Waals surface area contributed by atoms with Crippen molar-refractivity contribution in [2.75, 3.05) is 5.32 Å². The van der Waals surface area contributed by atoms with Crippen LogP contribution in [-0.2, 0) is 17.5 Å². The van der Waals surface area contributed by atoms with Gasteiger partial charge in [-0.3, -0.25) is 4.79 Å². The maximum atomic E-state index is 12.9. The molecule has 12 heteroatoms. The second-order valence-electron chi connectivity index (χ2n) is 6.75. The van der Waals surface area contributed by atoms with Gasteiger partial charge >= 0.3 is 12.1 Å². The molecule has 0 bridgehead atoms. The van der Waals surface area contributed by atoms with Crippen LogP contribution in [0.2, 0.25) is 0 Å². The van der Waals surface area contributed by atoms with Crippen LogP contribution in [0.3, 0.4) is 0 Å². The number of aromatic nitrogens is 3. The van der Waals surface area contributed by atoms with Gasteiger partial charge in [-0.15, -0.1) is 23.7 Å². The number of nitrogens with one attached hydrogen (secondary N) is 1. The number of carboxylic acids is 1. The third-order valence-corrected chi connectivity index (χ3v) is 6.16. The van der Waals surface area contributed by atoms with Crippen molar-refractivity contribution in [2.24, 2.45) is 0 Å². The standard InChI is InChI=1S/C19H17F3N4O2S2.ClH/c1-18(2,15(27)28)30-17-26-14(10-29-17)9-25-16-23-7-12(8-24-16)11-4-3-5-13(6-11)19(20,21)22;/h3-8,10H,9H2,1-2H3,(H,27,28)(H,23,24,25);1H. The fourth-order valence-corrected chi connectivity index (χ4v) is 4.48. The van der Waals surface area contributed by atoms with Gasteiger partial charge in [-0.2, -0.15) is 13.2 Å². The van der Waals surface area contributed by atoms with Crippen LogP contribution >= 0.6 is 35.5 Å². The molecule has 1 aromatic carbocycles. The second-order valence-corrected chi connectivity index (χ2v) is 9.48. The molecule has 3 aromatic rings. The van der Waals surface area contributed by atoms with Crippen molar-refractivity contribution in [3.05, 3.63) is 53.3 Å². The van der Waals surface area contributed by atoms with Crippen molar-refractivity contribution >= 4 is 47.4 Å². The molecule has 0 aliphatic heterocycles. The highest BCUT2D eigenvalue weighted by atomic mass is 35.5. The van der Waals surface area contributed by atoms with E-state index in [-0.39, 0.29) is 12.4 Å². The van der Waals surface area contributed by atoms with Crippen LogP contribution in [0, 0.1) is 0 Å². The molecular weight excluding hydrogens is 473 g/mol. The lowest BCUT2D eigenvalue weighted by atomic mass is 10.1. The molecule has 0 aliphatic rings. The average Bonchev–Trinajstić information content (AvgIpc) is 3.13. The SMILES string of the molecule is CC(C)(Sc1nc(CNc2ncc(-c3cccc(C(F)(F)F)c3)cn2)cs1)C(=O)O.Cl. The van der Waals surface area contributed by atoms with Crippen LogP contribution in [-0.4, -0.2) is 30.8 Å². The van der Waals surface area contributed by atoms with E-state index in [2.05, 4.69) is 20.3 Å². The Morgan fingerprint density at radius 3 is 2.48 bits per heavy atom. The molecule has 0 atom stereocenters. The monoisotopic (exact) mass is 490 g/mol. The van der Waals surface area contributed by atoms with Crippen LogP contribution in [0.15, 0.2) is 46.4 Å². The Labute approximate surface area is 190 Å². The van der Waals surface area contributed by atoms with Crippen LogP contribution in [0.5, 0.6) is 0 Å². The van der Waals surface area contributed by atoms with Crippen molar-refractivity contribution in [1.82, 2.24) is 15.0 Å². The predicted octanol–water partition coefficient (Wildman–Crippen LogP) is 5.61. The van der Waals surface area contributed by atoms with Gasteiger partial charge in [0.05, 0.1) is 17.8 Å². The van der Waals surface area contributed by atoms with Gasteiger partial charge in [0.1, 0.15) is 4.75 Å². The molecule has 31 heavy (non-hydrogen) atoms. The molecule has 166 valence electrons. The normalized spacial score (nSPS) is 11.6. The molecule has 0 fully saturated rings. The molecule has 3 rings (SSSR count). The van der Waals surface area contributed by atoms with Crippen LogP contribution in [0.25, 0.3) is 11.1 Å². The Morgan fingerprint density at radius 2 is 1.87 bits per heavy atom. The largest absolute Gasteiger partial charge is 0.480 e. The number of anilines is 1. The number of benzene rings is 1. The van der Waals surface area contributed by atoms with E-state index in [4.69, 9.17) is 0 Å². The number of aliphatic carboxylic acids is 1. The molecule has 0 unspecified atom stereocenters. The van der Waals surface area contributed by atoms with Gasteiger partial charge in [0.2, 0.25) is 5.95 Å². The number of carboxylic acid groups (broad SMARTS) is 1. The lowest BCUT2D eigenvalue weighted by Crippen LogP contribution is -2.26. The average molecular weight is 491 g/mol. The quantitative estimate of drug-likeness (QED) is 0.416. The summed E-state index contributed by atoms with van der Waals surface area (Å²) < 4.78 is 38.3. The summed E-state index contributed by atoms with van der Waals surface area (Å²) in [6.45, 7) is 3.55. The number of thioether (sulfide) groups is 1. The van der Waals surface area contributed by atoms with Crippen molar-refractivity contribution in [3.8, 4) is 11.1 Å². The smallest absolute Gasteiger partial charge is 0.416 e. The van der Waals surface area contributed by atoms with Crippen molar-refractivity contribution < 1.29 is 23.1 Å². The van der Waals surface area contributed by atoms with E-state index in [1.165, 1.54) is 41.6 Å². The van der Waals surface area contributed by atoms with E-state index in [0.29, 0.717) is 33.7 Å². The summed E-state index contributed by atoms with van der Waals surface area (Å²) >= 11 is 2.52. The molecule has 0 spiro atoms. The highest BCUT2D eigenvalue weighted by molar-refractivity contribution is 8.02. The van der Waals surface area contributed by atoms with Gasteiger partial charge in [0.25, 0.3) is 0 Å². The summed E-state index contributed by atoms with van der Waals surface area (Å²) in [6, 6.07) is 4.97. The number of carbonyl (C=O) groups is 1. The second kappa shape index (κ2) is 9.84. The number of thiazole rings is 1. The van der Waals surface area contributed by atoms with Crippen molar-refractivity contribution in [3.63, 3.8) is 0 Å². The zero-order valence-corrected chi connectivity index (χ0v) is 18.8. The summed E-state index contributed by atoms with van der Waals surface area (Å²) in [5.74, 6) is -0.615. The third-order valence-electron chi connectivity index (χ3n) is 3.99. The number of hydrogen-bond donors (Lipinski definition) is 2. The summed E-state index contributed by atoms with van der Waals surface area (Å²) in [7, 11) is 0. The lowest BCUT2D eigenvalue weighted by molar-refractivity contribution is -0.139. The number of halogens is 4. The zero-order chi connectivity index (χ0) is 21.9. The fraction of sp³-hybridized carbons (Fsp3) is 0.263. The number of alkyl halides is 3. The highest BCUT2D eigenvalue weighted by Crippen LogP contribution is 2.35. The van der Waals surface area contributed by atoms with Gasteiger partial charge in [0.15, 0.2) is 4.34 Å². The van der Waals surface area contributed by atoms with Crippen LogP contribution in [0.1, 0.15) is 25.1 Å². The topological polar surface area (TPSA) is 88.0 Å². The number of hydrogen-bond acceptors (Lipinski definition) is 7. The summed E-state index contributed by atoms with van der Waals surface area (Å²) in [4.78, 5) is 23.9. The van der Waals surface area contributed by atoms with Crippen LogP contribution in [0.4, 0.5) is 19.1 Å². The van der Waals surface area contributed by atoms with Gasteiger partial charge in [-0.25, -0.2) is 15.0 Å². The van der Waals surface area contributed by atoms with Gasteiger partial charge in [0, 0.05) is 23.3 Å². The maximum absolute atomic E-state index is 12.9. The Kier molecular flexibility index (Phi) is 7.90. The van der Waals surface area contributed by atoms with Gasteiger partial charge in [-0.1, -0.05) is 23.9 Å². The minimum absolute atomic E-state index is 0. The first kappa shape index (κ1) is 24.9. The highest BCUT2D eigenvalue weighted by Gasteiger charge is 2.31. The third kappa shape index (κ3) is 6.55. The molecule has 2 N–H and O–H groups in total. The first-order chi connectivity index (χ1) is 14.0. The van der Waals surface area contributed by atoms with E-state index in [0.717, 1.165) is 12.1 Å². The van der Waals surface area contributed by atoms with E-state index in [9.17, 15) is 23.1 Å². The van der Waals surface area contributed by atoms with Crippen molar-refractivity contribution in [1.29, 1.82) is 0 Å². The lowest BCUT2D eigenvalue weighted by Gasteiger charge is -2.15. The molecular formula is C19H18ClF3N4O2S2. The van der Waals surface area contributed by atoms with Crippen molar-refractivity contribution in [2.45, 2.75) is 35.7 Å². The van der Waals surface area contributed by atoms with E-state index < -0.39 is 22.5 Å². The summed E-state index contributed by atoms with van der Waals surface area (Å²) in [5.41, 5.74) is 0.813. The Hall–Kier alpha value is -2.37. The molecule has 2 heterocycles. The van der Waals surface area contributed by atoms with Crippen LogP contribution < -0.4 is 5.32 Å². The maximum Gasteiger partial charge on any atom is 0.416 e. The molecule has 0 radical (unpaired) electrons. The first-order valence-corrected chi connectivity index (χ1v) is 10.3. The number of nitrogens with zero attached hydrogens (tertiary/aromatic N) is 3. The number of rotatable bonds is 7. The zero-order valence-electron chi connectivity index (χ0n) is 16.3.